The Morgan fingerprint density at radius 3 is 2.56 bits per heavy atom. The predicted molar refractivity (Wildman–Crippen MR) is 122 cm³/mol. The number of ether oxygens (including phenoxy) is 1. The summed E-state index contributed by atoms with van der Waals surface area (Å²) >= 11 is 0. The number of nitro groups is 1. The third-order valence-corrected chi connectivity index (χ3v) is 5.23. The van der Waals surface area contributed by atoms with Gasteiger partial charge in [0.25, 0.3) is 5.69 Å². The quantitative estimate of drug-likeness (QED) is 0.160. The molecule has 0 radical (unpaired) electrons. The van der Waals surface area contributed by atoms with Crippen molar-refractivity contribution in [3.8, 4) is 11.5 Å². The zero-order valence-electron chi connectivity index (χ0n) is 18.1. The number of hydrogen-bond donors (Lipinski definition) is 2. The van der Waals surface area contributed by atoms with Gasteiger partial charge in [-0.05, 0) is 45.3 Å². The molecule has 0 fully saturated rings. The van der Waals surface area contributed by atoms with E-state index in [0.29, 0.717) is 24.2 Å². The Labute approximate surface area is 184 Å². The van der Waals surface area contributed by atoms with Crippen LogP contribution in [0.2, 0.25) is 0 Å². The maximum absolute atomic E-state index is 13.5. The maximum Gasteiger partial charge on any atom is 0.306 e. The predicted octanol–water partition coefficient (Wildman–Crippen LogP) is 2.30. The number of aromatic amines is 1. The van der Waals surface area contributed by atoms with Gasteiger partial charge in [-0.2, -0.15) is 8.42 Å². The van der Waals surface area contributed by atoms with Gasteiger partial charge < -0.3 is 24.1 Å². The first-order valence-corrected chi connectivity index (χ1v) is 11.5. The Hall–Kier alpha value is -3.38. The second-order valence-corrected chi connectivity index (χ2v) is 9.09. The van der Waals surface area contributed by atoms with Gasteiger partial charge in [0, 0.05) is 11.9 Å². The highest BCUT2D eigenvalue weighted by molar-refractivity contribution is 7.86. The molecule has 0 aliphatic heterocycles. The molecule has 12 heteroatoms. The number of methoxy groups -OCH3 is 1. The SMILES string of the molecule is COc1ccc2[nH]c3c([N+](=O)[O-])cc(OS(C)(=O)=O)c(NCCCN(C)C)c3c(=O)c2c1. The number of nitrogens with zero attached hydrogens (tertiary/aromatic N) is 2. The summed E-state index contributed by atoms with van der Waals surface area (Å²) in [6.07, 6.45) is 1.50. The molecule has 0 amide bonds. The third kappa shape index (κ3) is 4.92. The average molecular weight is 465 g/mol. The number of nitrogens with one attached hydrogen (secondary N) is 2. The van der Waals surface area contributed by atoms with Crippen LogP contribution in [0.15, 0.2) is 29.1 Å². The van der Waals surface area contributed by atoms with Crippen LogP contribution in [0.4, 0.5) is 11.4 Å². The first-order chi connectivity index (χ1) is 15.0. The fraction of sp³-hybridized carbons (Fsp3) is 0.350. The van der Waals surface area contributed by atoms with E-state index < -0.39 is 26.2 Å². The number of benzene rings is 2. The van der Waals surface area contributed by atoms with Crippen molar-refractivity contribution in [3.05, 3.63) is 44.6 Å². The molecule has 0 unspecified atom stereocenters. The van der Waals surface area contributed by atoms with E-state index in [1.54, 1.807) is 12.1 Å². The number of aromatic nitrogens is 1. The van der Waals surface area contributed by atoms with E-state index in [2.05, 4.69) is 10.3 Å². The molecule has 3 rings (SSSR count). The van der Waals surface area contributed by atoms with E-state index in [1.165, 1.54) is 13.2 Å². The lowest BCUT2D eigenvalue weighted by molar-refractivity contribution is -0.383. The minimum atomic E-state index is -4.02. The smallest absolute Gasteiger partial charge is 0.306 e. The van der Waals surface area contributed by atoms with Gasteiger partial charge in [-0.1, -0.05) is 0 Å². The highest BCUT2D eigenvalue weighted by Gasteiger charge is 2.26. The normalized spacial score (nSPS) is 11.8. The van der Waals surface area contributed by atoms with Crippen LogP contribution >= 0.6 is 0 Å². The van der Waals surface area contributed by atoms with E-state index in [0.717, 1.165) is 18.9 Å². The number of pyridine rings is 1. The number of rotatable bonds is 9. The minimum absolute atomic E-state index is 0.0337. The Morgan fingerprint density at radius 2 is 1.97 bits per heavy atom. The Kier molecular flexibility index (Phi) is 6.55. The largest absolute Gasteiger partial charge is 0.497 e. The van der Waals surface area contributed by atoms with Crippen molar-refractivity contribution in [2.24, 2.45) is 0 Å². The summed E-state index contributed by atoms with van der Waals surface area (Å²) in [6.45, 7) is 1.11. The summed E-state index contributed by atoms with van der Waals surface area (Å²) in [5.41, 5.74) is -0.590. The molecule has 1 heterocycles. The molecule has 172 valence electrons. The number of non-ortho nitro benzene ring substituents is 1. The van der Waals surface area contributed by atoms with Crippen molar-refractivity contribution in [2.45, 2.75) is 6.42 Å². The van der Waals surface area contributed by atoms with Crippen molar-refractivity contribution in [1.29, 1.82) is 0 Å². The lowest BCUT2D eigenvalue weighted by Crippen LogP contribution is -2.18. The van der Waals surface area contributed by atoms with Crippen molar-refractivity contribution < 1.29 is 22.3 Å². The topological polar surface area (TPSA) is 144 Å². The van der Waals surface area contributed by atoms with Crippen molar-refractivity contribution in [3.63, 3.8) is 0 Å². The maximum atomic E-state index is 13.5. The molecule has 32 heavy (non-hydrogen) atoms. The number of anilines is 1. The van der Waals surface area contributed by atoms with Crippen LogP contribution < -0.4 is 19.7 Å². The van der Waals surface area contributed by atoms with Crippen LogP contribution in [-0.2, 0) is 10.1 Å². The van der Waals surface area contributed by atoms with Crippen LogP contribution in [0.5, 0.6) is 11.5 Å². The highest BCUT2D eigenvalue weighted by Crippen LogP contribution is 2.39. The summed E-state index contributed by atoms with van der Waals surface area (Å²) in [5.74, 6) is 0.116. The molecule has 11 nitrogen and oxygen atoms in total. The fourth-order valence-electron chi connectivity index (χ4n) is 3.37. The van der Waals surface area contributed by atoms with Crippen LogP contribution in [0, 0.1) is 10.1 Å². The van der Waals surface area contributed by atoms with E-state index in [9.17, 15) is 23.3 Å². The molecule has 0 saturated carbocycles. The van der Waals surface area contributed by atoms with E-state index >= 15 is 0 Å². The Morgan fingerprint density at radius 1 is 1.25 bits per heavy atom. The lowest BCUT2D eigenvalue weighted by Gasteiger charge is -2.16. The molecule has 0 spiro atoms. The van der Waals surface area contributed by atoms with Gasteiger partial charge in [0.1, 0.15) is 11.3 Å². The van der Waals surface area contributed by atoms with Gasteiger partial charge in [0.05, 0.1) is 40.9 Å². The van der Waals surface area contributed by atoms with Crippen molar-refractivity contribution >= 4 is 43.3 Å². The van der Waals surface area contributed by atoms with E-state index in [4.69, 9.17) is 8.92 Å². The Bertz CT molecular complexity index is 1350. The fourth-order valence-corrected chi connectivity index (χ4v) is 3.83. The summed E-state index contributed by atoms with van der Waals surface area (Å²) in [4.78, 5) is 29.4. The van der Waals surface area contributed by atoms with Gasteiger partial charge in [0.2, 0.25) is 0 Å². The van der Waals surface area contributed by atoms with Gasteiger partial charge in [-0.25, -0.2) is 0 Å². The van der Waals surface area contributed by atoms with Crippen LogP contribution in [0.3, 0.4) is 0 Å². The number of fused-ring (bicyclic) bond motifs is 2. The zero-order chi connectivity index (χ0) is 23.6. The van der Waals surface area contributed by atoms with Gasteiger partial charge in [0.15, 0.2) is 11.2 Å². The molecule has 0 atom stereocenters. The van der Waals surface area contributed by atoms with Crippen LogP contribution in [-0.4, -0.2) is 63.8 Å². The first kappa shape index (κ1) is 23.3. The van der Waals surface area contributed by atoms with E-state index in [1.807, 2.05) is 19.0 Å². The van der Waals surface area contributed by atoms with Crippen molar-refractivity contribution in [2.75, 3.05) is 45.9 Å². The molecule has 1 aromatic heterocycles. The summed E-state index contributed by atoms with van der Waals surface area (Å²) in [7, 11) is 1.24. The Balaban J connectivity index is 2.36. The van der Waals surface area contributed by atoms with Crippen LogP contribution in [0.1, 0.15) is 6.42 Å². The molecular weight excluding hydrogens is 440 g/mol. The standard InChI is InChI=1S/C20H24N4O7S/c1-23(2)9-5-8-21-19-16(31-32(4,28)29)11-15(24(26)27)18-17(19)20(25)13-10-12(30-3)6-7-14(13)22-18/h6-7,10-11,21H,5,8-9H2,1-4H3,(H,22,25). The van der Waals surface area contributed by atoms with Gasteiger partial charge in [-0.3, -0.25) is 14.9 Å². The second-order valence-electron chi connectivity index (χ2n) is 7.51. The molecule has 2 aromatic carbocycles. The highest BCUT2D eigenvalue weighted by atomic mass is 32.2. The molecule has 0 bridgehead atoms. The molecule has 0 aliphatic rings. The summed E-state index contributed by atoms with van der Waals surface area (Å²) < 4.78 is 33.9. The summed E-state index contributed by atoms with van der Waals surface area (Å²) in [6, 6.07) is 5.73. The molecule has 2 N–H and O–H groups in total. The molecule has 3 aromatic rings. The number of nitro benzene ring substituents is 1. The average Bonchev–Trinajstić information content (AvgIpc) is 2.70. The van der Waals surface area contributed by atoms with Gasteiger partial charge >= 0.3 is 10.1 Å². The first-order valence-electron chi connectivity index (χ1n) is 9.65. The second kappa shape index (κ2) is 9.01. The van der Waals surface area contributed by atoms with Crippen LogP contribution in [0.25, 0.3) is 21.8 Å². The van der Waals surface area contributed by atoms with Crippen molar-refractivity contribution in [1.82, 2.24) is 9.88 Å². The molecule has 0 aliphatic carbocycles. The number of hydrogen-bond acceptors (Lipinski definition) is 9. The number of H-pyrrole nitrogens is 1. The van der Waals surface area contributed by atoms with E-state index in [-0.39, 0.29) is 27.7 Å². The molecule has 0 saturated heterocycles. The third-order valence-electron chi connectivity index (χ3n) is 4.75. The minimum Gasteiger partial charge on any atom is -0.497 e. The molecular formula is C20H24N4O7S. The summed E-state index contributed by atoms with van der Waals surface area (Å²) in [5, 5.41) is 15.0. The lowest BCUT2D eigenvalue weighted by atomic mass is 10.1. The zero-order valence-corrected chi connectivity index (χ0v) is 18.9. The van der Waals surface area contributed by atoms with Gasteiger partial charge in [-0.15, -0.1) is 0 Å². The monoisotopic (exact) mass is 464 g/mol.